The minimum Gasteiger partial charge on any atom is -0.370 e. The van der Waals surface area contributed by atoms with Crippen molar-refractivity contribution in [3.05, 3.63) is 77.4 Å². The Labute approximate surface area is 191 Å². The zero-order valence-electron chi connectivity index (χ0n) is 19.8. The summed E-state index contributed by atoms with van der Waals surface area (Å²) in [5, 5.41) is 15.4. The highest BCUT2D eigenvalue weighted by atomic mass is 15.3. The summed E-state index contributed by atoms with van der Waals surface area (Å²) < 4.78 is 1.97. The van der Waals surface area contributed by atoms with Crippen molar-refractivity contribution in [1.29, 1.82) is 0 Å². The number of nitrogens with one attached hydrogen (secondary N) is 2. The Balaban J connectivity index is 1.68. The van der Waals surface area contributed by atoms with Gasteiger partial charge in [0, 0.05) is 32.4 Å². The monoisotopic (exact) mass is 433 g/mol. The normalized spacial score (nSPS) is 12.5. The molecule has 7 nitrogen and oxygen atoms in total. The molecule has 3 aromatic rings. The topological polar surface area (TPSA) is 70.4 Å². The van der Waals surface area contributed by atoms with Gasteiger partial charge in [0.1, 0.15) is 12.4 Å². The van der Waals surface area contributed by atoms with Crippen LogP contribution in [0.2, 0.25) is 0 Å². The standard InChI is InChI=1S/C25H35N7/c1-6-32(23-14-10-11-19(2)17-23)16-15-26-25(27-18-24-30-29-21(4)31(24)5)28-20(3)22-12-8-7-9-13-22/h7-14,17,20H,6,15-16,18H2,1-5H3,(H2,26,27,28). The van der Waals surface area contributed by atoms with Crippen molar-refractivity contribution in [3.63, 3.8) is 0 Å². The lowest BCUT2D eigenvalue weighted by molar-refractivity contribution is 0.670. The minimum absolute atomic E-state index is 0.128. The highest BCUT2D eigenvalue weighted by Gasteiger charge is 2.10. The largest absolute Gasteiger partial charge is 0.370 e. The summed E-state index contributed by atoms with van der Waals surface area (Å²) in [4.78, 5) is 7.16. The summed E-state index contributed by atoms with van der Waals surface area (Å²) >= 11 is 0. The van der Waals surface area contributed by atoms with Crippen molar-refractivity contribution in [1.82, 2.24) is 25.4 Å². The van der Waals surface area contributed by atoms with Crippen LogP contribution in [0.5, 0.6) is 0 Å². The molecule has 0 fully saturated rings. The minimum atomic E-state index is 0.128. The van der Waals surface area contributed by atoms with Crippen LogP contribution in [-0.2, 0) is 13.6 Å². The summed E-state index contributed by atoms with van der Waals surface area (Å²) in [6.45, 7) is 11.5. The number of aliphatic imine (C=N–C) groups is 1. The van der Waals surface area contributed by atoms with E-state index in [1.807, 2.05) is 24.6 Å². The van der Waals surface area contributed by atoms with Crippen LogP contribution < -0.4 is 15.5 Å². The highest BCUT2D eigenvalue weighted by molar-refractivity contribution is 5.80. The fourth-order valence-corrected chi connectivity index (χ4v) is 3.52. The van der Waals surface area contributed by atoms with Crippen LogP contribution in [-0.4, -0.2) is 40.4 Å². The van der Waals surface area contributed by atoms with E-state index in [0.717, 1.165) is 37.2 Å². The smallest absolute Gasteiger partial charge is 0.192 e. The van der Waals surface area contributed by atoms with E-state index in [1.165, 1.54) is 16.8 Å². The van der Waals surface area contributed by atoms with Crippen molar-refractivity contribution < 1.29 is 0 Å². The number of nitrogens with zero attached hydrogens (tertiary/aromatic N) is 5. The first-order valence-corrected chi connectivity index (χ1v) is 11.2. The van der Waals surface area contributed by atoms with Gasteiger partial charge in [-0.1, -0.05) is 42.5 Å². The maximum Gasteiger partial charge on any atom is 0.192 e. The van der Waals surface area contributed by atoms with E-state index in [2.05, 4.69) is 95.0 Å². The molecule has 0 spiro atoms. The fraction of sp³-hybridized carbons (Fsp3) is 0.400. The summed E-state index contributed by atoms with van der Waals surface area (Å²) in [5.41, 5.74) is 3.73. The molecule has 7 heteroatoms. The molecule has 32 heavy (non-hydrogen) atoms. The van der Waals surface area contributed by atoms with Crippen LogP contribution in [0.1, 0.15) is 42.7 Å². The number of hydrogen-bond acceptors (Lipinski definition) is 4. The van der Waals surface area contributed by atoms with E-state index in [4.69, 9.17) is 4.99 Å². The second-order valence-electron chi connectivity index (χ2n) is 8.01. The third-order valence-corrected chi connectivity index (χ3v) is 5.64. The second-order valence-corrected chi connectivity index (χ2v) is 8.01. The van der Waals surface area contributed by atoms with Crippen LogP contribution in [0.15, 0.2) is 59.6 Å². The molecule has 2 N–H and O–H groups in total. The Morgan fingerprint density at radius 2 is 1.88 bits per heavy atom. The molecule has 0 saturated heterocycles. The molecule has 1 unspecified atom stereocenters. The van der Waals surface area contributed by atoms with Gasteiger partial charge >= 0.3 is 0 Å². The zero-order valence-corrected chi connectivity index (χ0v) is 19.8. The van der Waals surface area contributed by atoms with E-state index in [9.17, 15) is 0 Å². The molecule has 0 aliphatic rings. The van der Waals surface area contributed by atoms with E-state index in [-0.39, 0.29) is 6.04 Å². The molecule has 0 amide bonds. The van der Waals surface area contributed by atoms with Gasteiger partial charge in [-0.3, -0.25) is 0 Å². The van der Waals surface area contributed by atoms with Crippen LogP contribution in [0.25, 0.3) is 0 Å². The third-order valence-electron chi connectivity index (χ3n) is 5.64. The second kappa shape index (κ2) is 11.3. The number of benzene rings is 2. The number of guanidine groups is 1. The van der Waals surface area contributed by atoms with E-state index in [0.29, 0.717) is 6.54 Å². The highest BCUT2D eigenvalue weighted by Crippen LogP contribution is 2.15. The maximum atomic E-state index is 4.80. The van der Waals surface area contributed by atoms with Crippen molar-refractivity contribution in [2.75, 3.05) is 24.5 Å². The SMILES string of the molecule is CCN(CCNC(=NCc1nnc(C)n1C)NC(C)c1ccccc1)c1cccc(C)c1. The molecule has 0 radical (unpaired) electrons. The number of aromatic nitrogens is 3. The Bertz CT molecular complexity index is 1010. The molecule has 0 aliphatic carbocycles. The lowest BCUT2D eigenvalue weighted by Gasteiger charge is -2.25. The number of likely N-dealkylation sites (N-methyl/N-ethyl adjacent to an activating group) is 1. The number of rotatable bonds is 9. The molecule has 2 aromatic carbocycles. The molecule has 0 bridgehead atoms. The third kappa shape index (κ3) is 6.33. The summed E-state index contributed by atoms with van der Waals surface area (Å²) in [6.07, 6.45) is 0. The van der Waals surface area contributed by atoms with Gasteiger partial charge in [-0.05, 0) is 51.0 Å². The van der Waals surface area contributed by atoms with Gasteiger partial charge in [0.25, 0.3) is 0 Å². The first kappa shape index (κ1) is 23.3. The quantitative estimate of drug-likeness (QED) is 0.397. The summed E-state index contributed by atoms with van der Waals surface area (Å²) in [5.74, 6) is 2.49. The number of aryl methyl sites for hydroxylation is 2. The van der Waals surface area contributed by atoms with Crippen LogP contribution in [0.4, 0.5) is 5.69 Å². The van der Waals surface area contributed by atoms with Crippen molar-refractivity contribution in [3.8, 4) is 0 Å². The zero-order chi connectivity index (χ0) is 22.9. The average molecular weight is 434 g/mol. The first-order valence-electron chi connectivity index (χ1n) is 11.2. The van der Waals surface area contributed by atoms with Gasteiger partial charge in [0.2, 0.25) is 0 Å². The van der Waals surface area contributed by atoms with E-state index >= 15 is 0 Å². The molecule has 1 aromatic heterocycles. The van der Waals surface area contributed by atoms with Crippen molar-refractivity contribution in [2.24, 2.45) is 12.0 Å². The Kier molecular flexibility index (Phi) is 8.25. The van der Waals surface area contributed by atoms with Crippen molar-refractivity contribution >= 4 is 11.6 Å². The predicted molar refractivity (Wildman–Crippen MR) is 132 cm³/mol. The first-order chi connectivity index (χ1) is 15.5. The molecule has 3 rings (SSSR count). The van der Waals surface area contributed by atoms with Crippen LogP contribution in [0, 0.1) is 13.8 Å². The molecule has 1 heterocycles. The van der Waals surface area contributed by atoms with Gasteiger partial charge in [-0.15, -0.1) is 10.2 Å². The van der Waals surface area contributed by atoms with E-state index in [1.54, 1.807) is 0 Å². The summed E-state index contributed by atoms with van der Waals surface area (Å²) in [6, 6.07) is 19.1. The van der Waals surface area contributed by atoms with Gasteiger partial charge in [0.15, 0.2) is 11.8 Å². The average Bonchev–Trinajstić information content (AvgIpc) is 3.12. The molecule has 0 saturated carbocycles. The fourth-order valence-electron chi connectivity index (χ4n) is 3.52. The molecule has 170 valence electrons. The van der Waals surface area contributed by atoms with Crippen molar-refractivity contribution in [2.45, 2.75) is 40.3 Å². The molecule has 1 atom stereocenters. The summed E-state index contributed by atoms with van der Waals surface area (Å²) in [7, 11) is 1.97. The maximum absolute atomic E-state index is 4.80. The molecule has 0 aliphatic heterocycles. The van der Waals surface area contributed by atoms with Crippen LogP contribution in [0.3, 0.4) is 0 Å². The Morgan fingerprint density at radius 3 is 2.53 bits per heavy atom. The van der Waals surface area contributed by atoms with Crippen LogP contribution >= 0.6 is 0 Å². The van der Waals surface area contributed by atoms with E-state index < -0.39 is 0 Å². The predicted octanol–water partition coefficient (Wildman–Crippen LogP) is 3.75. The van der Waals surface area contributed by atoms with Gasteiger partial charge in [0.05, 0.1) is 6.04 Å². The Hall–Kier alpha value is -3.35. The lowest BCUT2D eigenvalue weighted by Crippen LogP contribution is -2.42. The lowest BCUT2D eigenvalue weighted by atomic mass is 10.1. The number of anilines is 1. The van der Waals surface area contributed by atoms with Gasteiger partial charge in [-0.25, -0.2) is 4.99 Å². The van der Waals surface area contributed by atoms with Gasteiger partial charge < -0.3 is 20.1 Å². The Morgan fingerprint density at radius 1 is 1.09 bits per heavy atom. The van der Waals surface area contributed by atoms with Gasteiger partial charge in [-0.2, -0.15) is 0 Å². The number of hydrogen-bond donors (Lipinski definition) is 2. The molecular weight excluding hydrogens is 398 g/mol. The molecular formula is C25H35N7.